The first-order chi connectivity index (χ1) is 7.69. The van der Waals surface area contributed by atoms with Crippen molar-refractivity contribution in [1.29, 1.82) is 0 Å². The Bertz CT molecular complexity index is 372. The summed E-state index contributed by atoms with van der Waals surface area (Å²) in [4.78, 5) is 14.1. The third kappa shape index (κ3) is 2.64. The van der Waals surface area contributed by atoms with Gasteiger partial charge < -0.3 is 5.32 Å². The van der Waals surface area contributed by atoms with Crippen molar-refractivity contribution < 1.29 is 4.79 Å². The zero-order valence-corrected chi connectivity index (χ0v) is 10.8. The van der Waals surface area contributed by atoms with Gasteiger partial charge in [-0.05, 0) is 43.7 Å². The van der Waals surface area contributed by atoms with Crippen LogP contribution in [0.25, 0.3) is 0 Å². The molecule has 0 radical (unpaired) electrons. The lowest BCUT2D eigenvalue weighted by Crippen LogP contribution is -2.32. The van der Waals surface area contributed by atoms with Crippen LogP contribution in [0.2, 0.25) is 0 Å². The largest absolute Gasteiger partial charge is 0.349 e. The topological polar surface area (TPSA) is 29.1 Å². The lowest BCUT2D eigenvalue weighted by molar-refractivity contribution is 0.0941. The average Bonchev–Trinajstić information content (AvgIpc) is 2.87. The summed E-state index contributed by atoms with van der Waals surface area (Å²) < 4.78 is 0. The Kier molecular flexibility index (Phi) is 3.64. The van der Waals surface area contributed by atoms with Crippen molar-refractivity contribution in [2.24, 2.45) is 5.92 Å². The highest BCUT2D eigenvalue weighted by Crippen LogP contribution is 2.25. The minimum atomic E-state index is 0.115. The van der Waals surface area contributed by atoms with Gasteiger partial charge >= 0.3 is 0 Å². The summed E-state index contributed by atoms with van der Waals surface area (Å²) in [7, 11) is 0. The van der Waals surface area contributed by atoms with E-state index in [2.05, 4.69) is 25.2 Å². The van der Waals surface area contributed by atoms with Gasteiger partial charge in [-0.15, -0.1) is 11.3 Å². The maximum atomic E-state index is 11.9. The third-order valence-corrected chi connectivity index (χ3v) is 4.49. The molecule has 0 saturated heterocycles. The molecule has 16 heavy (non-hydrogen) atoms. The summed E-state index contributed by atoms with van der Waals surface area (Å²) in [5.41, 5.74) is 0. The number of nitrogens with one attached hydrogen (secondary N) is 1. The number of aryl methyl sites for hydroxylation is 1. The monoisotopic (exact) mass is 237 g/mol. The Morgan fingerprint density at radius 2 is 2.31 bits per heavy atom. The number of hydrogen-bond donors (Lipinski definition) is 1. The summed E-state index contributed by atoms with van der Waals surface area (Å²) in [6.07, 6.45) is 4.53. The molecule has 1 fully saturated rings. The molecule has 1 N–H and O–H groups in total. The molecule has 0 spiro atoms. The van der Waals surface area contributed by atoms with Crippen molar-refractivity contribution in [2.45, 2.75) is 45.6 Å². The maximum absolute atomic E-state index is 11.9. The minimum Gasteiger partial charge on any atom is -0.349 e. The van der Waals surface area contributed by atoms with Gasteiger partial charge in [-0.1, -0.05) is 13.8 Å². The summed E-state index contributed by atoms with van der Waals surface area (Å²) in [6, 6.07) is 4.39. The molecule has 1 saturated carbocycles. The number of amides is 1. The summed E-state index contributed by atoms with van der Waals surface area (Å²) in [5.74, 6) is 0.878. The molecule has 88 valence electrons. The highest BCUT2D eigenvalue weighted by atomic mass is 32.1. The van der Waals surface area contributed by atoms with Crippen LogP contribution >= 0.6 is 11.3 Å². The highest BCUT2D eigenvalue weighted by molar-refractivity contribution is 7.14. The van der Waals surface area contributed by atoms with E-state index in [-0.39, 0.29) is 5.91 Å². The van der Waals surface area contributed by atoms with Crippen molar-refractivity contribution in [2.75, 3.05) is 0 Å². The van der Waals surface area contributed by atoms with E-state index in [1.165, 1.54) is 11.3 Å². The first-order valence-electron chi connectivity index (χ1n) is 6.08. The van der Waals surface area contributed by atoms with E-state index < -0.39 is 0 Å². The van der Waals surface area contributed by atoms with Gasteiger partial charge in [-0.3, -0.25) is 4.79 Å². The molecule has 0 bridgehead atoms. The van der Waals surface area contributed by atoms with Crippen LogP contribution in [0.4, 0.5) is 0 Å². The zero-order valence-electron chi connectivity index (χ0n) is 9.95. The van der Waals surface area contributed by atoms with E-state index in [1.54, 1.807) is 11.3 Å². The average molecular weight is 237 g/mol. The van der Waals surface area contributed by atoms with Crippen LogP contribution in [-0.4, -0.2) is 11.9 Å². The molecule has 3 heteroatoms. The number of carbonyl (C=O) groups is 1. The Morgan fingerprint density at radius 1 is 1.50 bits per heavy atom. The molecule has 1 aromatic heterocycles. The van der Waals surface area contributed by atoms with Crippen molar-refractivity contribution >= 4 is 17.2 Å². The van der Waals surface area contributed by atoms with Crippen LogP contribution in [0.5, 0.6) is 0 Å². The van der Waals surface area contributed by atoms with Crippen LogP contribution in [0, 0.1) is 5.92 Å². The fraction of sp³-hybridized carbons (Fsp3) is 0.615. The second-order valence-electron chi connectivity index (χ2n) is 4.71. The van der Waals surface area contributed by atoms with Gasteiger partial charge in [0.1, 0.15) is 0 Å². The molecule has 0 aromatic carbocycles. The summed E-state index contributed by atoms with van der Waals surface area (Å²) in [6.45, 7) is 4.37. The van der Waals surface area contributed by atoms with Crippen molar-refractivity contribution in [1.82, 2.24) is 5.32 Å². The second kappa shape index (κ2) is 5.00. The predicted molar refractivity (Wildman–Crippen MR) is 68.0 cm³/mol. The predicted octanol–water partition coefficient (Wildman–Crippen LogP) is 3.23. The standard InChI is InChI=1S/C13H19NOS/c1-3-11-6-7-12(16-11)13(15)14-10-5-4-9(2)8-10/h6-7,9-10H,3-5,8H2,1-2H3,(H,14,15). The summed E-state index contributed by atoms with van der Waals surface area (Å²) >= 11 is 1.61. The molecule has 1 aromatic rings. The number of thiophene rings is 1. The van der Waals surface area contributed by atoms with Crippen LogP contribution in [0.15, 0.2) is 12.1 Å². The Hall–Kier alpha value is -0.830. The first kappa shape index (κ1) is 11.6. The Morgan fingerprint density at radius 3 is 2.88 bits per heavy atom. The van der Waals surface area contributed by atoms with Gasteiger partial charge in [0, 0.05) is 10.9 Å². The Labute approximate surface area is 101 Å². The lowest BCUT2D eigenvalue weighted by Gasteiger charge is -2.11. The molecule has 1 amide bonds. The second-order valence-corrected chi connectivity index (χ2v) is 5.88. The van der Waals surface area contributed by atoms with Crippen LogP contribution in [0.1, 0.15) is 47.7 Å². The molecule has 1 aliphatic rings. The number of rotatable bonds is 3. The van der Waals surface area contributed by atoms with Crippen molar-refractivity contribution in [3.8, 4) is 0 Å². The molecule has 2 atom stereocenters. The minimum absolute atomic E-state index is 0.115. The van der Waals surface area contributed by atoms with Crippen LogP contribution < -0.4 is 5.32 Å². The Balaban J connectivity index is 1.92. The van der Waals surface area contributed by atoms with Crippen molar-refractivity contribution in [3.05, 3.63) is 21.9 Å². The van der Waals surface area contributed by atoms with Gasteiger partial charge in [0.15, 0.2) is 0 Å². The zero-order chi connectivity index (χ0) is 11.5. The maximum Gasteiger partial charge on any atom is 0.261 e. The SMILES string of the molecule is CCc1ccc(C(=O)NC2CCC(C)C2)s1. The fourth-order valence-corrected chi connectivity index (χ4v) is 3.14. The fourth-order valence-electron chi connectivity index (χ4n) is 2.28. The van der Waals surface area contributed by atoms with Gasteiger partial charge in [-0.25, -0.2) is 0 Å². The smallest absolute Gasteiger partial charge is 0.261 e. The van der Waals surface area contributed by atoms with E-state index >= 15 is 0 Å². The highest BCUT2D eigenvalue weighted by Gasteiger charge is 2.23. The van der Waals surface area contributed by atoms with E-state index in [0.29, 0.717) is 6.04 Å². The normalized spacial score (nSPS) is 24.6. The van der Waals surface area contributed by atoms with E-state index in [0.717, 1.165) is 30.1 Å². The molecule has 0 aliphatic heterocycles. The van der Waals surface area contributed by atoms with Crippen LogP contribution in [-0.2, 0) is 6.42 Å². The van der Waals surface area contributed by atoms with E-state index in [1.807, 2.05) is 6.07 Å². The number of carbonyl (C=O) groups excluding carboxylic acids is 1. The van der Waals surface area contributed by atoms with E-state index in [9.17, 15) is 4.79 Å². The molecule has 2 unspecified atom stereocenters. The molecule has 2 rings (SSSR count). The molecule has 1 heterocycles. The molecule has 2 nitrogen and oxygen atoms in total. The summed E-state index contributed by atoms with van der Waals surface area (Å²) in [5, 5.41) is 3.13. The van der Waals surface area contributed by atoms with Crippen molar-refractivity contribution in [3.63, 3.8) is 0 Å². The third-order valence-electron chi connectivity index (χ3n) is 3.26. The van der Waals surface area contributed by atoms with Gasteiger partial charge in [0.2, 0.25) is 0 Å². The first-order valence-corrected chi connectivity index (χ1v) is 6.90. The van der Waals surface area contributed by atoms with E-state index in [4.69, 9.17) is 0 Å². The van der Waals surface area contributed by atoms with Gasteiger partial charge in [-0.2, -0.15) is 0 Å². The van der Waals surface area contributed by atoms with Gasteiger partial charge in [0.25, 0.3) is 5.91 Å². The lowest BCUT2D eigenvalue weighted by atomic mass is 10.1. The molecular formula is C13H19NOS. The quantitative estimate of drug-likeness (QED) is 0.859. The molecular weight excluding hydrogens is 218 g/mol. The molecule has 1 aliphatic carbocycles. The van der Waals surface area contributed by atoms with Gasteiger partial charge in [0.05, 0.1) is 4.88 Å². The number of hydrogen-bond acceptors (Lipinski definition) is 2. The van der Waals surface area contributed by atoms with Crippen LogP contribution in [0.3, 0.4) is 0 Å².